The van der Waals surface area contributed by atoms with Gasteiger partial charge in [0.2, 0.25) is 0 Å². The normalized spacial score (nSPS) is 35.4. The summed E-state index contributed by atoms with van der Waals surface area (Å²) in [4.78, 5) is 68.8. The number of rotatable bonds is 8. The van der Waals surface area contributed by atoms with E-state index in [1.165, 1.54) is 32.9 Å². The average molecular weight is 728 g/mol. The molecular formula is C39H53NO12. The Balaban J connectivity index is 1.81. The molecule has 1 aromatic carbocycles. The third-order valence-electron chi connectivity index (χ3n) is 13.1. The van der Waals surface area contributed by atoms with E-state index in [0.717, 1.165) is 0 Å². The SMILES string of the molecule is CNC(C)(C)C(C)(C)C(=O)O[C@H]1C[C@@]2(O)[C@@H](OC(=O)c3ccccc3)C3[C@](C)(C(=O)[C@H](O)C(=C1C)C2(C)C)[C@@H](OC(C)=O)C[C@H]1OC[C@@]31OC(C)=O. The van der Waals surface area contributed by atoms with Gasteiger partial charge in [-0.1, -0.05) is 32.0 Å². The third-order valence-corrected chi connectivity index (χ3v) is 13.1. The molecule has 3 aliphatic carbocycles. The van der Waals surface area contributed by atoms with Gasteiger partial charge in [-0.15, -0.1) is 0 Å². The number of carbonyl (C=O) groups excluding carboxylic acids is 5. The van der Waals surface area contributed by atoms with Gasteiger partial charge in [0.25, 0.3) is 0 Å². The summed E-state index contributed by atoms with van der Waals surface area (Å²) in [5.41, 5.74) is -8.61. The van der Waals surface area contributed by atoms with Gasteiger partial charge in [0.1, 0.15) is 36.1 Å². The minimum absolute atomic E-state index is 0.0743. The molecule has 13 heteroatoms. The minimum atomic E-state index is -2.21. The van der Waals surface area contributed by atoms with Gasteiger partial charge in [0.15, 0.2) is 11.4 Å². The lowest BCUT2D eigenvalue weighted by atomic mass is 9.44. The Kier molecular flexibility index (Phi) is 9.91. The monoisotopic (exact) mass is 727 g/mol. The molecule has 13 nitrogen and oxygen atoms in total. The van der Waals surface area contributed by atoms with E-state index in [4.69, 9.17) is 23.7 Å². The summed E-state index contributed by atoms with van der Waals surface area (Å²) < 4.78 is 30.4. The molecule has 1 heterocycles. The molecule has 5 rings (SSSR count). The van der Waals surface area contributed by atoms with Crippen LogP contribution in [0.2, 0.25) is 0 Å². The van der Waals surface area contributed by atoms with Crippen LogP contribution >= 0.6 is 0 Å². The van der Waals surface area contributed by atoms with Crippen LogP contribution in [0, 0.1) is 22.2 Å². The number of fused-ring (bicyclic) bond motifs is 5. The molecule has 52 heavy (non-hydrogen) atoms. The van der Waals surface area contributed by atoms with E-state index in [2.05, 4.69) is 5.32 Å². The lowest BCUT2D eigenvalue weighted by Crippen LogP contribution is -2.82. The van der Waals surface area contributed by atoms with Crippen LogP contribution in [0.25, 0.3) is 0 Å². The van der Waals surface area contributed by atoms with Gasteiger partial charge in [-0.25, -0.2) is 4.79 Å². The molecule has 9 atom stereocenters. The number of nitrogens with one attached hydrogen (secondary N) is 1. The van der Waals surface area contributed by atoms with Crippen molar-refractivity contribution in [3.8, 4) is 0 Å². The zero-order chi connectivity index (χ0) is 39.0. The highest BCUT2D eigenvalue weighted by Gasteiger charge is 2.78. The second-order valence-corrected chi connectivity index (χ2v) is 16.6. The Morgan fingerprint density at radius 3 is 2.10 bits per heavy atom. The molecular weight excluding hydrogens is 674 g/mol. The van der Waals surface area contributed by atoms with Crippen molar-refractivity contribution in [1.29, 1.82) is 0 Å². The van der Waals surface area contributed by atoms with Crippen LogP contribution in [0.1, 0.15) is 92.4 Å². The summed E-state index contributed by atoms with van der Waals surface area (Å²) >= 11 is 0. The number of aliphatic hydroxyl groups excluding tert-OH is 1. The predicted octanol–water partition coefficient (Wildman–Crippen LogP) is 3.23. The molecule has 1 unspecified atom stereocenters. The molecule has 1 saturated heterocycles. The lowest BCUT2D eigenvalue weighted by Gasteiger charge is -2.67. The van der Waals surface area contributed by atoms with E-state index >= 15 is 4.79 Å². The highest BCUT2D eigenvalue weighted by molar-refractivity contribution is 5.94. The Bertz CT molecular complexity index is 1680. The number of hydrogen-bond donors (Lipinski definition) is 3. The summed E-state index contributed by atoms with van der Waals surface area (Å²) in [7, 11) is 1.72. The predicted molar refractivity (Wildman–Crippen MR) is 186 cm³/mol. The molecule has 0 amide bonds. The third kappa shape index (κ3) is 5.70. The van der Waals surface area contributed by atoms with Gasteiger partial charge in [-0.3, -0.25) is 19.2 Å². The van der Waals surface area contributed by atoms with Crippen LogP contribution in [0.5, 0.6) is 0 Å². The first-order chi connectivity index (χ1) is 23.9. The van der Waals surface area contributed by atoms with Gasteiger partial charge in [-0.2, -0.15) is 0 Å². The maximum atomic E-state index is 15.2. The molecule has 286 valence electrons. The van der Waals surface area contributed by atoms with Crippen molar-refractivity contribution in [2.75, 3.05) is 13.7 Å². The number of Topliss-reactive ketones (excluding diaryl/α,β-unsaturated/α-hetero) is 1. The second kappa shape index (κ2) is 13.0. The van der Waals surface area contributed by atoms with E-state index in [1.54, 1.807) is 59.9 Å². The molecule has 0 aromatic heterocycles. The Hall–Kier alpha value is -3.65. The first-order valence-electron chi connectivity index (χ1n) is 17.7. The van der Waals surface area contributed by atoms with Crippen LogP contribution < -0.4 is 5.32 Å². The number of carbonyl (C=O) groups is 5. The number of ketones is 1. The van der Waals surface area contributed by atoms with Gasteiger partial charge in [0, 0.05) is 37.6 Å². The lowest BCUT2D eigenvalue weighted by molar-refractivity contribution is -0.346. The number of esters is 4. The fourth-order valence-electron chi connectivity index (χ4n) is 8.97. The molecule has 2 saturated carbocycles. The zero-order valence-corrected chi connectivity index (χ0v) is 31.9. The van der Waals surface area contributed by atoms with Crippen molar-refractivity contribution in [1.82, 2.24) is 5.32 Å². The molecule has 3 fully saturated rings. The highest BCUT2D eigenvalue weighted by Crippen LogP contribution is 2.64. The van der Waals surface area contributed by atoms with E-state index in [9.17, 15) is 29.4 Å². The van der Waals surface area contributed by atoms with Crippen LogP contribution in [-0.2, 0) is 42.9 Å². The summed E-state index contributed by atoms with van der Waals surface area (Å²) in [5, 5.41) is 28.9. The summed E-state index contributed by atoms with van der Waals surface area (Å²) in [5.74, 6) is -5.16. The highest BCUT2D eigenvalue weighted by atomic mass is 16.6. The zero-order valence-electron chi connectivity index (χ0n) is 31.9. The number of aliphatic hydroxyl groups is 2. The van der Waals surface area contributed by atoms with Crippen molar-refractivity contribution in [2.24, 2.45) is 22.2 Å². The van der Waals surface area contributed by atoms with E-state index in [1.807, 2.05) is 13.8 Å². The maximum Gasteiger partial charge on any atom is 0.338 e. The number of benzene rings is 1. The summed E-state index contributed by atoms with van der Waals surface area (Å²) in [6, 6.07) is 8.05. The molecule has 0 radical (unpaired) electrons. The quantitative estimate of drug-likeness (QED) is 0.202. The largest absolute Gasteiger partial charge is 0.461 e. The van der Waals surface area contributed by atoms with E-state index in [0.29, 0.717) is 5.57 Å². The van der Waals surface area contributed by atoms with Gasteiger partial charge < -0.3 is 39.2 Å². The molecule has 4 aliphatic rings. The summed E-state index contributed by atoms with van der Waals surface area (Å²) in [6.45, 7) is 15.6. The smallest absolute Gasteiger partial charge is 0.338 e. The van der Waals surface area contributed by atoms with E-state index in [-0.39, 0.29) is 30.6 Å². The van der Waals surface area contributed by atoms with Crippen molar-refractivity contribution in [2.45, 2.75) is 129 Å². The van der Waals surface area contributed by atoms with Crippen LogP contribution in [0.15, 0.2) is 41.5 Å². The Morgan fingerprint density at radius 2 is 1.58 bits per heavy atom. The molecule has 0 spiro atoms. The minimum Gasteiger partial charge on any atom is -0.461 e. The average Bonchev–Trinajstić information content (AvgIpc) is 3.05. The Morgan fingerprint density at radius 1 is 0.962 bits per heavy atom. The van der Waals surface area contributed by atoms with Crippen LogP contribution in [0.3, 0.4) is 0 Å². The van der Waals surface area contributed by atoms with Gasteiger partial charge in [-0.05, 0) is 71.9 Å². The van der Waals surface area contributed by atoms with E-state index < -0.39 is 99.1 Å². The molecule has 1 aliphatic heterocycles. The molecule has 2 bridgehead atoms. The van der Waals surface area contributed by atoms with Crippen LogP contribution in [0.4, 0.5) is 0 Å². The summed E-state index contributed by atoms with van der Waals surface area (Å²) in [6.07, 6.45) is -7.41. The van der Waals surface area contributed by atoms with Crippen molar-refractivity contribution in [3.63, 3.8) is 0 Å². The molecule has 1 aromatic rings. The topological polar surface area (TPSA) is 184 Å². The van der Waals surface area contributed by atoms with Crippen molar-refractivity contribution >= 4 is 29.7 Å². The maximum absolute atomic E-state index is 15.2. The standard InChI is InChI=1S/C39H53NO12/c1-20-24(50-33(46)35(6,7)36(8,9)40-11)18-39(47)31(51-32(45)23-15-13-12-14-16-23)29-37(10,30(44)28(43)27(20)34(39,4)5)25(49-21(2)41)17-26-38(29,19-48-26)52-22(3)42/h12-16,24-26,28-29,31,40,43,47H,17-19H2,1-11H3/t24-,25-,26+,28+,29?,31-,37+,38-,39+/m0/s1. The van der Waals surface area contributed by atoms with Crippen molar-refractivity contribution in [3.05, 3.63) is 47.0 Å². The second-order valence-electron chi connectivity index (χ2n) is 16.6. The fourth-order valence-corrected chi connectivity index (χ4v) is 8.97. The number of ether oxygens (including phenoxy) is 5. The van der Waals surface area contributed by atoms with Gasteiger partial charge >= 0.3 is 23.9 Å². The number of hydrogen-bond acceptors (Lipinski definition) is 13. The Labute approximate surface area is 304 Å². The van der Waals surface area contributed by atoms with Crippen LogP contribution in [-0.4, -0.2) is 101 Å². The van der Waals surface area contributed by atoms with Gasteiger partial charge in [0.05, 0.1) is 28.9 Å². The molecule has 3 N–H and O–H groups in total. The fraction of sp³-hybridized carbons (Fsp3) is 0.667. The first kappa shape index (κ1) is 39.6. The first-order valence-corrected chi connectivity index (χ1v) is 17.7. The van der Waals surface area contributed by atoms with Crippen molar-refractivity contribution < 1.29 is 57.9 Å².